The summed E-state index contributed by atoms with van der Waals surface area (Å²) < 4.78 is 5.28. The fourth-order valence-corrected chi connectivity index (χ4v) is 2.86. The standard InChI is InChI=1S/C25H25NO3/c27-24(29-23-17-9-3-10-18-23)19-11-4-12-20-28-26-25(21-13-5-1-6-14-21)22-15-7-2-8-16-22/h1-3,5-10,13-18H,4,11-12,19-20H2. The fraction of sp³-hybridized carbons (Fsp3) is 0.200. The molecule has 0 aliphatic carbocycles. The largest absolute Gasteiger partial charge is 0.427 e. The van der Waals surface area contributed by atoms with Crippen molar-refractivity contribution in [2.45, 2.75) is 25.7 Å². The van der Waals surface area contributed by atoms with Gasteiger partial charge in [0.1, 0.15) is 18.1 Å². The summed E-state index contributed by atoms with van der Waals surface area (Å²) in [5, 5.41) is 4.38. The maximum atomic E-state index is 11.8. The normalized spacial score (nSPS) is 10.2. The Morgan fingerprint density at radius 1 is 0.690 bits per heavy atom. The summed E-state index contributed by atoms with van der Waals surface area (Å²) in [6.45, 7) is 0.511. The Bertz CT molecular complexity index is 852. The number of oxime groups is 1. The Kier molecular flexibility index (Phi) is 8.03. The summed E-state index contributed by atoms with van der Waals surface area (Å²) in [7, 11) is 0. The zero-order valence-corrected chi connectivity index (χ0v) is 16.4. The summed E-state index contributed by atoms with van der Waals surface area (Å²) in [4.78, 5) is 17.4. The third-order valence-corrected chi connectivity index (χ3v) is 4.34. The summed E-state index contributed by atoms with van der Waals surface area (Å²) >= 11 is 0. The zero-order chi connectivity index (χ0) is 20.2. The fourth-order valence-electron chi connectivity index (χ4n) is 2.86. The number of nitrogens with zero attached hydrogens (tertiary/aromatic N) is 1. The van der Waals surface area contributed by atoms with Crippen LogP contribution in [0.3, 0.4) is 0 Å². The molecule has 0 N–H and O–H groups in total. The highest BCUT2D eigenvalue weighted by Crippen LogP contribution is 2.12. The maximum Gasteiger partial charge on any atom is 0.311 e. The predicted octanol–water partition coefficient (Wildman–Crippen LogP) is 5.62. The Morgan fingerprint density at radius 3 is 1.83 bits per heavy atom. The second-order valence-electron chi connectivity index (χ2n) is 6.60. The smallest absolute Gasteiger partial charge is 0.311 e. The minimum Gasteiger partial charge on any atom is -0.427 e. The highest BCUT2D eigenvalue weighted by molar-refractivity contribution is 6.12. The number of hydrogen-bond acceptors (Lipinski definition) is 4. The van der Waals surface area contributed by atoms with Gasteiger partial charge in [-0.15, -0.1) is 0 Å². The molecule has 0 heterocycles. The SMILES string of the molecule is O=C(CCCCCON=C(c1ccccc1)c1ccccc1)Oc1ccccc1. The summed E-state index contributed by atoms with van der Waals surface area (Å²) in [5.74, 6) is 0.384. The van der Waals surface area contributed by atoms with Crippen molar-refractivity contribution < 1.29 is 14.4 Å². The summed E-state index contributed by atoms with van der Waals surface area (Å²) in [6.07, 6.45) is 2.88. The topological polar surface area (TPSA) is 47.9 Å². The second kappa shape index (κ2) is 11.4. The van der Waals surface area contributed by atoms with Crippen molar-refractivity contribution in [3.8, 4) is 5.75 Å². The lowest BCUT2D eigenvalue weighted by molar-refractivity contribution is -0.134. The molecule has 0 radical (unpaired) electrons. The Balaban J connectivity index is 1.42. The Morgan fingerprint density at radius 2 is 1.24 bits per heavy atom. The van der Waals surface area contributed by atoms with Crippen LogP contribution in [0.1, 0.15) is 36.8 Å². The van der Waals surface area contributed by atoms with Crippen LogP contribution in [0, 0.1) is 0 Å². The van der Waals surface area contributed by atoms with Gasteiger partial charge in [-0.05, 0) is 31.4 Å². The summed E-state index contributed by atoms with van der Waals surface area (Å²) in [5.41, 5.74) is 2.85. The van der Waals surface area contributed by atoms with Gasteiger partial charge in [0.25, 0.3) is 0 Å². The van der Waals surface area contributed by atoms with E-state index < -0.39 is 0 Å². The van der Waals surface area contributed by atoms with Crippen molar-refractivity contribution in [3.63, 3.8) is 0 Å². The van der Waals surface area contributed by atoms with Gasteiger partial charge in [-0.2, -0.15) is 0 Å². The van der Waals surface area contributed by atoms with Crippen molar-refractivity contribution in [1.29, 1.82) is 0 Å². The van der Waals surface area contributed by atoms with Crippen LogP contribution in [0.5, 0.6) is 5.75 Å². The van der Waals surface area contributed by atoms with E-state index in [1.165, 1.54) is 0 Å². The van der Waals surface area contributed by atoms with Gasteiger partial charge in [0.05, 0.1) is 0 Å². The van der Waals surface area contributed by atoms with Crippen LogP contribution < -0.4 is 4.74 Å². The van der Waals surface area contributed by atoms with Gasteiger partial charge >= 0.3 is 5.97 Å². The number of hydrogen-bond donors (Lipinski definition) is 0. The van der Waals surface area contributed by atoms with Gasteiger partial charge in [0.2, 0.25) is 0 Å². The number of esters is 1. The molecule has 0 spiro atoms. The molecule has 3 aromatic carbocycles. The quantitative estimate of drug-likeness (QED) is 0.149. The van der Waals surface area contributed by atoms with Gasteiger partial charge in [0.15, 0.2) is 0 Å². The van der Waals surface area contributed by atoms with Crippen LogP contribution in [0.2, 0.25) is 0 Å². The number of para-hydroxylation sites is 1. The number of carbonyl (C=O) groups is 1. The number of carbonyl (C=O) groups excluding carboxylic acids is 1. The molecule has 0 aliphatic rings. The van der Waals surface area contributed by atoms with Crippen molar-refractivity contribution in [1.82, 2.24) is 0 Å². The first-order valence-corrected chi connectivity index (χ1v) is 9.89. The molecule has 0 saturated heterocycles. The van der Waals surface area contributed by atoms with Crippen LogP contribution >= 0.6 is 0 Å². The van der Waals surface area contributed by atoms with Crippen LogP contribution in [0.4, 0.5) is 0 Å². The van der Waals surface area contributed by atoms with E-state index in [0.717, 1.165) is 36.1 Å². The first-order valence-electron chi connectivity index (χ1n) is 9.89. The molecule has 3 rings (SSSR count). The molecule has 4 heteroatoms. The van der Waals surface area contributed by atoms with Crippen molar-refractivity contribution in [2.75, 3.05) is 6.61 Å². The average molecular weight is 387 g/mol. The number of unbranched alkanes of at least 4 members (excludes halogenated alkanes) is 2. The van der Waals surface area contributed by atoms with Gasteiger partial charge in [-0.3, -0.25) is 4.79 Å². The minimum atomic E-state index is -0.203. The van der Waals surface area contributed by atoms with Crippen LogP contribution in [0.25, 0.3) is 0 Å². The van der Waals surface area contributed by atoms with Crippen LogP contribution in [0.15, 0.2) is 96.2 Å². The van der Waals surface area contributed by atoms with E-state index in [4.69, 9.17) is 9.57 Å². The monoisotopic (exact) mass is 387 g/mol. The van der Waals surface area contributed by atoms with Crippen molar-refractivity contribution in [3.05, 3.63) is 102 Å². The zero-order valence-electron chi connectivity index (χ0n) is 16.4. The van der Waals surface area contributed by atoms with Gasteiger partial charge in [-0.1, -0.05) is 84.0 Å². The van der Waals surface area contributed by atoms with E-state index in [-0.39, 0.29) is 5.97 Å². The molecular weight excluding hydrogens is 362 g/mol. The van der Waals surface area contributed by atoms with E-state index >= 15 is 0 Å². The van der Waals surface area contributed by atoms with Gasteiger partial charge in [0, 0.05) is 17.5 Å². The molecule has 0 saturated carbocycles. The van der Waals surface area contributed by atoms with E-state index in [9.17, 15) is 4.79 Å². The van der Waals surface area contributed by atoms with E-state index in [0.29, 0.717) is 18.8 Å². The third-order valence-electron chi connectivity index (χ3n) is 4.34. The van der Waals surface area contributed by atoms with E-state index in [2.05, 4.69) is 5.16 Å². The summed E-state index contributed by atoms with van der Waals surface area (Å²) in [6, 6.07) is 29.1. The lowest BCUT2D eigenvalue weighted by Crippen LogP contribution is -2.07. The molecule has 0 amide bonds. The average Bonchev–Trinajstić information content (AvgIpc) is 2.77. The van der Waals surface area contributed by atoms with Gasteiger partial charge < -0.3 is 9.57 Å². The first-order chi connectivity index (χ1) is 14.3. The third kappa shape index (κ3) is 6.92. The molecule has 148 valence electrons. The van der Waals surface area contributed by atoms with E-state index in [1.54, 1.807) is 12.1 Å². The Labute approximate surface area is 171 Å². The lowest BCUT2D eigenvalue weighted by atomic mass is 10.0. The van der Waals surface area contributed by atoms with Crippen molar-refractivity contribution >= 4 is 11.7 Å². The number of rotatable bonds is 10. The molecule has 3 aromatic rings. The van der Waals surface area contributed by atoms with Crippen molar-refractivity contribution in [2.24, 2.45) is 5.16 Å². The van der Waals surface area contributed by atoms with Gasteiger partial charge in [-0.25, -0.2) is 0 Å². The number of ether oxygens (including phenoxy) is 1. The number of benzene rings is 3. The molecule has 29 heavy (non-hydrogen) atoms. The highest BCUT2D eigenvalue weighted by Gasteiger charge is 2.07. The minimum absolute atomic E-state index is 0.203. The molecule has 0 fully saturated rings. The highest BCUT2D eigenvalue weighted by atomic mass is 16.6. The Hall–Kier alpha value is -3.40. The van der Waals surface area contributed by atoms with Crippen LogP contribution in [-0.4, -0.2) is 18.3 Å². The lowest BCUT2D eigenvalue weighted by Gasteiger charge is -2.07. The predicted molar refractivity (Wildman–Crippen MR) is 115 cm³/mol. The molecule has 0 atom stereocenters. The van der Waals surface area contributed by atoms with Crippen LogP contribution in [-0.2, 0) is 9.63 Å². The maximum absolute atomic E-state index is 11.8. The van der Waals surface area contributed by atoms with E-state index in [1.807, 2.05) is 78.9 Å². The molecule has 0 aliphatic heterocycles. The molecular formula is C25H25NO3. The molecule has 0 aromatic heterocycles. The molecule has 0 bridgehead atoms. The second-order valence-corrected chi connectivity index (χ2v) is 6.60. The molecule has 4 nitrogen and oxygen atoms in total. The molecule has 0 unspecified atom stereocenters. The first kappa shape index (κ1) is 20.3.